The third kappa shape index (κ3) is 2.42. The SMILES string of the molecule is NC1CCC(=O)NC1c1ccc([N+](=O)[O-])cc1. The van der Waals surface area contributed by atoms with E-state index in [0.717, 1.165) is 5.56 Å². The summed E-state index contributed by atoms with van der Waals surface area (Å²) in [6.07, 6.45) is 1.07. The van der Waals surface area contributed by atoms with Gasteiger partial charge in [0.2, 0.25) is 5.91 Å². The Kier molecular flexibility index (Phi) is 3.06. The second-order valence-corrected chi connectivity index (χ2v) is 4.10. The van der Waals surface area contributed by atoms with E-state index in [4.69, 9.17) is 5.73 Å². The van der Waals surface area contributed by atoms with Crippen LogP contribution < -0.4 is 11.1 Å². The Balaban J connectivity index is 2.21. The van der Waals surface area contributed by atoms with Crippen LogP contribution in [0, 0.1) is 10.1 Å². The summed E-state index contributed by atoms with van der Waals surface area (Å²) in [5.74, 6) is -0.0324. The van der Waals surface area contributed by atoms with Crippen molar-refractivity contribution in [1.29, 1.82) is 0 Å². The summed E-state index contributed by atoms with van der Waals surface area (Å²) in [5.41, 5.74) is 6.76. The van der Waals surface area contributed by atoms with Gasteiger partial charge >= 0.3 is 0 Å². The lowest BCUT2D eigenvalue weighted by molar-refractivity contribution is -0.384. The van der Waals surface area contributed by atoms with Gasteiger partial charge < -0.3 is 11.1 Å². The number of hydrogen-bond donors (Lipinski definition) is 2. The number of hydrogen-bond acceptors (Lipinski definition) is 4. The molecule has 0 aliphatic carbocycles. The van der Waals surface area contributed by atoms with Crippen LogP contribution >= 0.6 is 0 Å². The van der Waals surface area contributed by atoms with Gasteiger partial charge in [-0.05, 0) is 12.0 Å². The summed E-state index contributed by atoms with van der Waals surface area (Å²) < 4.78 is 0. The molecule has 0 radical (unpaired) electrons. The molecule has 1 aromatic carbocycles. The molecule has 1 fully saturated rings. The van der Waals surface area contributed by atoms with Gasteiger partial charge in [0.1, 0.15) is 0 Å². The molecule has 6 nitrogen and oxygen atoms in total. The summed E-state index contributed by atoms with van der Waals surface area (Å²) in [5, 5.41) is 13.3. The maximum Gasteiger partial charge on any atom is 0.269 e. The number of carbonyl (C=O) groups is 1. The van der Waals surface area contributed by atoms with Crippen molar-refractivity contribution in [3.8, 4) is 0 Å². The summed E-state index contributed by atoms with van der Waals surface area (Å²) in [6, 6.07) is 5.71. The van der Waals surface area contributed by atoms with Crippen molar-refractivity contribution >= 4 is 11.6 Å². The Morgan fingerprint density at radius 3 is 2.59 bits per heavy atom. The Hall–Kier alpha value is -1.95. The molecule has 90 valence electrons. The molecule has 1 aromatic rings. The third-order valence-corrected chi connectivity index (χ3v) is 2.91. The molecule has 2 unspecified atom stereocenters. The molecule has 2 rings (SSSR count). The van der Waals surface area contributed by atoms with E-state index in [2.05, 4.69) is 5.32 Å². The van der Waals surface area contributed by atoms with Gasteiger partial charge in [0.05, 0.1) is 11.0 Å². The zero-order valence-corrected chi connectivity index (χ0v) is 9.13. The molecule has 6 heteroatoms. The molecule has 1 amide bonds. The number of non-ortho nitro benzene ring substituents is 1. The molecule has 1 heterocycles. The van der Waals surface area contributed by atoms with Gasteiger partial charge in [0.15, 0.2) is 0 Å². The first-order chi connectivity index (χ1) is 8.08. The molecule has 0 bridgehead atoms. The Morgan fingerprint density at radius 2 is 2.00 bits per heavy atom. The minimum Gasteiger partial charge on any atom is -0.348 e. The van der Waals surface area contributed by atoms with Crippen LogP contribution in [0.1, 0.15) is 24.4 Å². The van der Waals surface area contributed by atoms with Gasteiger partial charge in [-0.25, -0.2) is 0 Å². The van der Waals surface area contributed by atoms with Crippen molar-refractivity contribution in [2.75, 3.05) is 0 Å². The number of nitrogens with two attached hydrogens (primary N) is 1. The highest BCUT2D eigenvalue weighted by Crippen LogP contribution is 2.24. The topological polar surface area (TPSA) is 98.3 Å². The fraction of sp³-hybridized carbons (Fsp3) is 0.364. The smallest absolute Gasteiger partial charge is 0.269 e. The molecule has 17 heavy (non-hydrogen) atoms. The number of carbonyl (C=O) groups excluding carboxylic acids is 1. The molecule has 1 aliphatic rings. The maximum absolute atomic E-state index is 11.3. The molecular formula is C11H13N3O3. The minimum absolute atomic E-state index is 0.0319. The van der Waals surface area contributed by atoms with Crippen LogP contribution in [0.3, 0.4) is 0 Å². The van der Waals surface area contributed by atoms with Crippen LogP contribution in [0.5, 0.6) is 0 Å². The van der Waals surface area contributed by atoms with E-state index >= 15 is 0 Å². The third-order valence-electron chi connectivity index (χ3n) is 2.91. The Morgan fingerprint density at radius 1 is 1.35 bits per heavy atom. The van der Waals surface area contributed by atoms with Gasteiger partial charge in [-0.2, -0.15) is 0 Å². The first kappa shape index (κ1) is 11.5. The van der Waals surface area contributed by atoms with Crippen molar-refractivity contribution < 1.29 is 9.72 Å². The van der Waals surface area contributed by atoms with E-state index < -0.39 is 4.92 Å². The van der Waals surface area contributed by atoms with Gasteiger partial charge in [-0.15, -0.1) is 0 Å². The number of nitro groups is 1. The average Bonchev–Trinajstić information content (AvgIpc) is 2.32. The first-order valence-corrected chi connectivity index (χ1v) is 5.37. The zero-order chi connectivity index (χ0) is 12.4. The number of benzene rings is 1. The zero-order valence-electron chi connectivity index (χ0n) is 9.13. The number of piperidine rings is 1. The molecule has 1 aliphatic heterocycles. The van der Waals surface area contributed by atoms with Crippen molar-refractivity contribution in [2.45, 2.75) is 24.9 Å². The van der Waals surface area contributed by atoms with Gasteiger partial charge in [-0.1, -0.05) is 12.1 Å². The Labute approximate surface area is 98.0 Å². The van der Waals surface area contributed by atoms with E-state index in [-0.39, 0.29) is 23.7 Å². The summed E-state index contributed by atoms with van der Waals surface area (Å²) in [6.45, 7) is 0. The fourth-order valence-corrected chi connectivity index (χ4v) is 1.95. The molecule has 0 spiro atoms. The van der Waals surface area contributed by atoms with E-state index in [1.165, 1.54) is 12.1 Å². The largest absolute Gasteiger partial charge is 0.348 e. The predicted octanol–water partition coefficient (Wildman–Crippen LogP) is 0.873. The first-order valence-electron chi connectivity index (χ1n) is 5.37. The highest BCUT2D eigenvalue weighted by atomic mass is 16.6. The number of nitro benzene ring substituents is 1. The van der Waals surface area contributed by atoms with Gasteiger partial charge in [0.25, 0.3) is 5.69 Å². The molecule has 3 N–H and O–H groups in total. The predicted molar refractivity (Wildman–Crippen MR) is 61.2 cm³/mol. The second-order valence-electron chi connectivity index (χ2n) is 4.10. The lowest BCUT2D eigenvalue weighted by Gasteiger charge is -2.29. The maximum atomic E-state index is 11.3. The van der Waals surface area contributed by atoms with Crippen LogP contribution in [0.15, 0.2) is 24.3 Å². The van der Waals surface area contributed by atoms with Crippen LogP contribution in [0.25, 0.3) is 0 Å². The highest BCUT2D eigenvalue weighted by molar-refractivity contribution is 5.77. The van der Waals surface area contributed by atoms with E-state index in [0.29, 0.717) is 12.8 Å². The van der Waals surface area contributed by atoms with Crippen LogP contribution in [-0.2, 0) is 4.79 Å². The lowest BCUT2D eigenvalue weighted by Crippen LogP contribution is -2.45. The summed E-state index contributed by atoms with van der Waals surface area (Å²) >= 11 is 0. The quantitative estimate of drug-likeness (QED) is 0.587. The standard InChI is InChI=1S/C11H13N3O3/c12-9-5-6-10(15)13-11(9)7-1-3-8(4-2-7)14(16)17/h1-4,9,11H,5-6,12H2,(H,13,15). The van der Waals surface area contributed by atoms with Gasteiger partial charge in [-0.3, -0.25) is 14.9 Å². The van der Waals surface area contributed by atoms with Gasteiger partial charge in [0, 0.05) is 24.6 Å². The average molecular weight is 235 g/mol. The van der Waals surface area contributed by atoms with E-state index in [1.807, 2.05) is 0 Å². The monoisotopic (exact) mass is 235 g/mol. The van der Waals surface area contributed by atoms with E-state index in [1.54, 1.807) is 12.1 Å². The van der Waals surface area contributed by atoms with Crippen LogP contribution in [0.2, 0.25) is 0 Å². The second kappa shape index (κ2) is 4.50. The normalized spacial score (nSPS) is 24.2. The minimum atomic E-state index is -0.455. The molecule has 1 saturated heterocycles. The fourth-order valence-electron chi connectivity index (χ4n) is 1.95. The molecule has 2 atom stereocenters. The number of nitrogens with zero attached hydrogens (tertiary/aromatic N) is 1. The van der Waals surface area contributed by atoms with Crippen molar-refractivity contribution in [1.82, 2.24) is 5.32 Å². The number of rotatable bonds is 2. The highest BCUT2D eigenvalue weighted by Gasteiger charge is 2.27. The summed E-state index contributed by atoms with van der Waals surface area (Å²) in [7, 11) is 0. The lowest BCUT2D eigenvalue weighted by atomic mass is 9.92. The number of amides is 1. The molecule has 0 aromatic heterocycles. The van der Waals surface area contributed by atoms with Crippen molar-refractivity contribution in [3.63, 3.8) is 0 Å². The molecular weight excluding hydrogens is 222 g/mol. The van der Waals surface area contributed by atoms with E-state index in [9.17, 15) is 14.9 Å². The molecule has 0 saturated carbocycles. The van der Waals surface area contributed by atoms with Crippen LogP contribution in [0.4, 0.5) is 5.69 Å². The Bertz CT molecular complexity index is 444. The van der Waals surface area contributed by atoms with Crippen molar-refractivity contribution in [2.24, 2.45) is 5.73 Å². The summed E-state index contributed by atoms with van der Waals surface area (Å²) in [4.78, 5) is 21.4. The van der Waals surface area contributed by atoms with Crippen molar-refractivity contribution in [3.05, 3.63) is 39.9 Å². The number of nitrogens with one attached hydrogen (secondary N) is 1. The van der Waals surface area contributed by atoms with Crippen LogP contribution in [-0.4, -0.2) is 16.9 Å².